The van der Waals surface area contributed by atoms with Gasteiger partial charge in [-0.3, -0.25) is 0 Å². The fourth-order valence-corrected chi connectivity index (χ4v) is 4.00. The Morgan fingerprint density at radius 3 is 2.27 bits per heavy atom. The smallest absolute Gasteiger partial charge is 0.201 e. The number of nitrogens with zero attached hydrogens (tertiary/aromatic N) is 1. The molecule has 0 saturated carbocycles. The van der Waals surface area contributed by atoms with Crippen molar-refractivity contribution in [2.75, 3.05) is 0 Å². The highest BCUT2D eigenvalue weighted by Gasteiger charge is 2.13. The topological polar surface area (TPSA) is 3.88 Å². The van der Waals surface area contributed by atoms with E-state index in [2.05, 4.69) is 104 Å². The number of pyridine rings is 1. The van der Waals surface area contributed by atoms with Gasteiger partial charge in [-0.1, -0.05) is 42.5 Å². The predicted octanol–water partition coefficient (Wildman–Crippen LogP) is 5.95. The zero-order chi connectivity index (χ0) is 17.7. The fraction of sp³-hybridized carbons (Fsp3) is 0.0800. The molecule has 0 bridgehead atoms. The molecule has 1 heterocycles. The second-order valence-electron chi connectivity index (χ2n) is 7.07. The molecule has 0 radical (unpaired) electrons. The molecule has 5 aromatic rings. The van der Waals surface area contributed by atoms with Crippen molar-refractivity contribution < 1.29 is 4.57 Å². The van der Waals surface area contributed by atoms with Gasteiger partial charge in [-0.2, -0.15) is 0 Å². The largest absolute Gasteiger partial charge is 0.212 e. The van der Waals surface area contributed by atoms with E-state index >= 15 is 0 Å². The van der Waals surface area contributed by atoms with Gasteiger partial charge in [-0.05, 0) is 69.1 Å². The van der Waals surface area contributed by atoms with Crippen LogP contribution in [0.3, 0.4) is 0 Å². The third-order valence-corrected chi connectivity index (χ3v) is 5.38. The van der Waals surface area contributed by atoms with Crippen molar-refractivity contribution in [1.29, 1.82) is 0 Å². The lowest BCUT2D eigenvalue weighted by Gasteiger charge is -2.10. The number of hydrogen-bond acceptors (Lipinski definition) is 0. The van der Waals surface area contributed by atoms with E-state index in [1.807, 2.05) is 0 Å². The van der Waals surface area contributed by atoms with Crippen LogP contribution in [0.5, 0.6) is 0 Å². The Morgan fingerprint density at radius 1 is 0.615 bits per heavy atom. The molecule has 0 saturated heterocycles. The average molecular weight is 334 g/mol. The van der Waals surface area contributed by atoms with Crippen molar-refractivity contribution in [2.24, 2.45) is 7.05 Å². The molecule has 0 amide bonds. The molecule has 124 valence electrons. The first-order chi connectivity index (χ1) is 12.7. The fourth-order valence-electron chi connectivity index (χ4n) is 4.00. The minimum atomic E-state index is 1.24. The van der Waals surface area contributed by atoms with Crippen molar-refractivity contribution in [3.63, 3.8) is 0 Å². The number of aryl methyl sites for hydroxylation is 2. The summed E-state index contributed by atoms with van der Waals surface area (Å²) in [5.41, 5.74) is 3.84. The lowest BCUT2D eigenvalue weighted by Crippen LogP contribution is -2.30. The standard InChI is InChI=1S/C25H20N/c1-17-13-20-16-24-19(11-10-18-7-3-4-8-22(18)24)14-21(20)15-23(17)25-9-5-6-12-26(25)2/h3-16H,1-2H3/q+1. The Bertz CT molecular complexity index is 1300. The highest BCUT2D eigenvalue weighted by molar-refractivity contribution is 6.12. The van der Waals surface area contributed by atoms with Crippen LogP contribution in [-0.4, -0.2) is 0 Å². The van der Waals surface area contributed by atoms with E-state index in [1.54, 1.807) is 0 Å². The highest BCUT2D eigenvalue weighted by Crippen LogP contribution is 2.32. The Labute approximate surface area is 153 Å². The normalized spacial score (nSPS) is 11.5. The lowest BCUT2D eigenvalue weighted by atomic mass is 9.94. The molecule has 5 rings (SSSR count). The molecule has 26 heavy (non-hydrogen) atoms. The van der Waals surface area contributed by atoms with E-state index in [-0.39, 0.29) is 0 Å². The van der Waals surface area contributed by atoms with Crippen molar-refractivity contribution in [1.82, 2.24) is 0 Å². The average Bonchev–Trinajstić information content (AvgIpc) is 2.67. The van der Waals surface area contributed by atoms with Gasteiger partial charge < -0.3 is 0 Å². The first kappa shape index (κ1) is 15.1. The first-order valence-electron chi connectivity index (χ1n) is 9.02. The molecule has 0 fully saturated rings. The summed E-state index contributed by atoms with van der Waals surface area (Å²) < 4.78 is 2.18. The summed E-state index contributed by atoms with van der Waals surface area (Å²) in [6.45, 7) is 2.20. The lowest BCUT2D eigenvalue weighted by molar-refractivity contribution is -0.660. The van der Waals surface area contributed by atoms with Crippen molar-refractivity contribution in [3.8, 4) is 11.3 Å². The van der Waals surface area contributed by atoms with Crippen LogP contribution < -0.4 is 4.57 Å². The monoisotopic (exact) mass is 334 g/mol. The van der Waals surface area contributed by atoms with Crippen molar-refractivity contribution in [3.05, 3.63) is 90.6 Å². The Kier molecular flexibility index (Phi) is 3.29. The minimum Gasteiger partial charge on any atom is -0.201 e. The third-order valence-electron chi connectivity index (χ3n) is 5.38. The van der Waals surface area contributed by atoms with Crippen LogP contribution in [0.1, 0.15) is 5.56 Å². The number of fused-ring (bicyclic) bond motifs is 4. The van der Waals surface area contributed by atoms with Gasteiger partial charge >= 0.3 is 0 Å². The molecule has 1 heteroatoms. The summed E-state index contributed by atoms with van der Waals surface area (Å²) in [5.74, 6) is 0. The van der Waals surface area contributed by atoms with Gasteiger partial charge in [0.15, 0.2) is 6.20 Å². The molecule has 0 aliphatic heterocycles. The number of benzene rings is 4. The van der Waals surface area contributed by atoms with Gasteiger partial charge in [0.05, 0.1) is 0 Å². The van der Waals surface area contributed by atoms with E-state index in [9.17, 15) is 0 Å². The maximum Gasteiger partial charge on any atom is 0.212 e. The Balaban J connectivity index is 1.83. The first-order valence-corrected chi connectivity index (χ1v) is 9.02. The van der Waals surface area contributed by atoms with Crippen LogP contribution in [0, 0.1) is 6.92 Å². The highest BCUT2D eigenvalue weighted by atomic mass is 14.9. The number of aromatic nitrogens is 1. The molecule has 0 aliphatic carbocycles. The number of rotatable bonds is 1. The molecule has 0 atom stereocenters. The SMILES string of the molecule is Cc1cc2cc3c(ccc4ccccc43)cc2cc1-c1cccc[n+]1C. The van der Waals surface area contributed by atoms with E-state index < -0.39 is 0 Å². The van der Waals surface area contributed by atoms with Gasteiger partial charge in [0.1, 0.15) is 7.05 Å². The third kappa shape index (κ3) is 2.28. The second kappa shape index (κ2) is 5.67. The molecule has 4 aromatic carbocycles. The second-order valence-corrected chi connectivity index (χ2v) is 7.07. The summed E-state index contributed by atoms with van der Waals surface area (Å²) >= 11 is 0. The Hall–Kier alpha value is -3.19. The van der Waals surface area contributed by atoms with E-state index in [0.717, 1.165) is 0 Å². The van der Waals surface area contributed by atoms with Crippen LogP contribution in [0.15, 0.2) is 85.1 Å². The van der Waals surface area contributed by atoms with Gasteiger partial charge in [0.2, 0.25) is 5.69 Å². The summed E-state index contributed by atoms with van der Waals surface area (Å²) in [6, 6.07) is 28.7. The van der Waals surface area contributed by atoms with Crippen LogP contribution >= 0.6 is 0 Å². The van der Waals surface area contributed by atoms with E-state index in [0.29, 0.717) is 0 Å². The minimum absolute atomic E-state index is 1.24. The van der Waals surface area contributed by atoms with Crippen LogP contribution in [0.2, 0.25) is 0 Å². The van der Waals surface area contributed by atoms with Gasteiger partial charge in [-0.25, -0.2) is 4.57 Å². The summed E-state index contributed by atoms with van der Waals surface area (Å²) in [4.78, 5) is 0. The quantitative estimate of drug-likeness (QED) is 0.203. The van der Waals surface area contributed by atoms with Crippen molar-refractivity contribution in [2.45, 2.75) is 6.92 Å². The summed E-state index contributed by atoms with van der Waals surface area (Å²) in [7, 11) is 2.10. The molecular weight excluding hydrogens is 314 g/mol. The van der Waals surface area contributed by atoms with E-state index in [4.69, 9.17) is 0 Å². The maximum absolute atomic E-state index is 2.34. The van der Waals surface area contributed by atoms with Gasteiger partial charge in [-0.15, -0.1) is 0 Å². The van der Waals surface area contributed by atoms with Crippen molar-refractivity contribution >= 4 is 32.3 Å². The zero-order valence-electron chi connectivity index (χ0n) is 15.0. The summed E-state index contributed by atoms with van der Waals surface area (Å²) in [5, 5.41) is 7.83. The summed E-state index contributed by atoms with van der Waals surface area (Å²) in [6.07, 6.45) is 2.10. The molecule has 0 unspecified atom stereocenters. The molecule has 1 aromatic heterocycles. The zero-order valence-corrected chi connectivity index (χ0v) is 15.0. The molecule has 0 N–H and O–H groups in total. The van der Waals surface area contributed by atoms with E-state index in [1.165, 1.54) is 49.1 Å². The molecular formula is C25H20N+. The predicted molar refractivity (Wildman–Crippen MR) is 110 cm³/mol. The van der Waals surface area contributed by atoms with Gasteiger partial charge in [0.25, 0.3) is 0 Å². The molecule has 0 aliphatic rings. The van der Waals surface area contributed by atoms with Crippen LogP contribution in [-0.2, 0) is 7.05 Å². The van der Waals surface area contributed by atoms with Gasteiger partial charge in [0, 0.05) is 17.7 Å². The molecule has 0 spiro atoms. The van der Waals surface area contributed by atoms with Crippen LogP contribution in [0.4, 0.5) is 0 Å². The Morgan fingerprint density at radius 2 is 1.38 bits per heavy atom. The van der Waals surface area contributed by atoms with Crippen LogP contribution in [0.25, 0.3) is 43.6 Å². The maximum atomic E-state index is 2.34. The molecule has 1 nitrogen and oxygen atoms in total. The number of hydrogen-bond donors (Lipinski definition) is 0.